The summed E-state index contributed by atoms with van der Waals surface area (Å²) in [5, 5.41) is 0. The molecule has 0 heterocycles. The third-order valence-corrected chi connectivity index (χ3v) is 2.68. The SMILES string of the molecule is CC=C(CCC)c1ccc(OCC(C)C)cc1. The van der Waals surface area contributed by atoms with Crippen molar-refractivity contribution in [2.45, 2.75) is 40.5 Å². The zero-order valence-electron chi connectivity index (χ0n) is 11.5. The van der Waals surface area contributed by atoms with Gasteiger partial charge in [-0.05, 0) is 42.5 Å². The van der Waals surface area contributed by atoms with E-state index in [-0.39, 0.29) is 0 Å². The van der Waals surface area contributed by atoms with Crippen LogP contribution in [0, 0.1) is 5.92 Å². The molecule has 0 atom stereocenters. The Morgan fingerprint density at radius 2 is 1.88 bits per heavy atom. The average Bonchev–Trinajstić information content (AvgIpc) is 2.34. The van der Waals surface area contributed by atoms with Crippen LogP contribution < -0.4 is 4.74 Å². The molecule has 1 heteroatoms. The summed E-state index contributed by atoms with van der Waals surface area (Å²) in [5.74, 6) is 1.54. The summed E-state index contributed by atoms with van der Waals surface area (Å²) >= 11 is 0. The Morgan fingerprint density at radius 3 is 2.35 bits per heavy atom. The molecule has 0 bridgehead atoms. The molecule has 94 valence electrons. The number of ether oxygens (including phenoxy) is 1. The number of hydrogen-bond donors (Lipinski definition) is 0. The van der Waals surface area contributed by atoms with Gasteiger partial charge in [-0.1, -0.05) is 45.4 Å². The van der Waals surface area contributed by atoms with E-state index >= 15 is 0 Å². The van der Waals surface area contributed by atoms with Crippen molar-refractivity contribution in [1.82, 2.24) is 0 Å². The van der Waals surface area contributed by atoms with E-state index < -0.39 is 0 Å². The van der Waals surface area contributed by atoms with Gasteiger partial charge < -0.3 is 4.74 Å². The summed E-state index contributed by atoms with van der Waals surface area (Å²) < 4.78 is 5.68. The molecule has 0 aliphatic rings. The minimum absolute atomic E-state index is 0.570. The largest absolute Gasteiger partial charge is 0.493 e. The molecular weight excluding hydrogens is 208 g/mol. The van der Waals surface area contributed by atoms with Crippen LogP contribution in [0.4, 0.5) is 0 Å². The lowest BCUT2D eigenvalue weighted by Gasteiger charge is -2.10. The normalized spacial score (nSPS) is 11.9. The molecule has 1 aromatic rings. The molecule has 0 aliphatic heterocycles. The van der Waals surface area contributed by atoms with Gasteiger partial charge in [0.2, 0.25) is 0 Å². The summed E-state index contributed by atoms with van der Waals surface area (Å²) in [5.41, 5.74) is 2.73. The van der Waals surface area contributed by atoms with Gasteiger partial charge in [-0.15, -0.1) is 0 Å². The zero-order chi connectivity index (χ0) is 12.7. The van der Waals surface area contributed by atoms with Crippen molar-refractivity contribution in [3.63, 3.8) is 0 Å². The first-order chi connectivity index (χ1) is 8.17. The van der Waals surface area contributed by atoms with Crippen LogP contribution in [0.2, 0.25) is 0 Å². The van der Waals surface area contributed by atoms with E-state index in [1.807, 2.05) is 0 Å². The van der Waals surface area contributed by atoms with E-state index in [4.69, 9.17) is 4.74 Å². The molecule has 1 nitrogen and oxygen atoms in total. The monoisotopic (exact) mass is 232 g/mol. The minimum Gasteiger partial charge on any atom is -0.493 e. The van der Waals surface area contributed by atoms with Gasteiger partial charge in [-0.25, -0.2) is 0 Å². The van der Waals surface area contributed by atoms with E-state index in [1.54, 1.807) is 0 Å². The van der Waals surface area contributed by atoms with Crippen molar-refractivity contribution in [3.8, 4) is 5.75 Å². The maximum absolute atomic E-state index is 5.68. The fourth-order valence-electron chi connectivity index (χ4n) is 1.75. The summed E-state index contributed by atoms with van der Waals surface area (Å²) in [6.07, 6.45) is 4.53. The van der Waals surface area contributed by atoms with Gasteiger partial charge in [0, 0.05) is 0 Å². The van der Waals surface area contributed by atoms with Crippen molar-refractivity contribution in [3.05, 3.63) is 35.9 Å². The van der Waals surface area contributed by atoms with E-state index in [0.717, 1.165) is 18.8 Å². The van der Waals surface area contributed by atoms with Crippen LogP contribution in [-0.4, -0.2) is 6.61 Å². The highest BCUT2D eigenvalue weighted by Crippen LogP contribution is 2.22. The highest BCUT2D eigenvalue weighted by atomic mass is 16.5. The van der Waals surface area contributed by atoms with Crippen LogP contribution in [0.25, 0.3) is 5.57 Å². The van der Waals surface area contributed by atoms with Gasteiger partial charge >= 0.3 is 0 Å². The van der Waals surface area contributed by atoms with Crippen LogP contribution in [-0.2, 0) is 0 Å². The first-order valence-corrected chi connectivity index (χ1v) is 6.55. The number of hydrogen-bond acceptors (Lipinski definition) is 1. The summed E-state index contributed by atoms with van der Waals surface area (Å²) in [6.45, 7) is 9.42. The second kappa shape index (κ2) is 7.16. The highest BCUT2D eigenvalue weighted by Gasteiger charge is 2.01. The lowest BCUT2D eigenvalue weighted by molar-refractivity contribution is 0.271. The van der Waals surface area contributed by atoms with Crippen LogP contribution in [0.5, 0.6) is 5.75 Å². The van der Waals surface area contributed by atoms with Crippen LogP contribution in [0.3, 0.4) is 0 Å². The van der Waals surface area contributed by atoms with Gasteiger partial charge in [-0.3, -0.25) is 0 Å². The van der Waals surface area contributed by atoms with Gasteiger partial charge in [-0.2, -0.15) is 0 Å². The Hall–Kier alpha value is -1.24. The molecule has 0 unspecified atom stereocenters. The molecule has 0 N–H and O–H groups in total. The Labute approximate surface area is 106 Å². The Bertz CT molecular complexity index is 346. The number of allylic oxidation sites excluding steroid dienone is 2. The second-order valence-corrected chi connectivity index (χ2v) is 4.79. The van der Waals surface area contributed by atoms with Crippen molar-refractivity contribution in [2.24, 2.45) is 5.92 Å². The van der Waals surface area contributed by atoms with Crippen molar-refractivity contribution < 1.29 is 4.74 Å². The topological polar surface area (TPSA) is 9.23 Å². The van der Waals surface area contributed by atoms with Gasteiger partial charge in [0.1, 0.15) is 5.75 Å². The number of benzene rings is 1. The smallest absolute Gasteiger partial charge is 0.119 e. The second-order valence-electron chi connectivity index (χ2n) is 4.79. The minimum atomic E-state index is 0.570. The molecule has 17 heavy (non-hydrogen) atoms. The highest BCUT2D eigenvalue weighted by molar-refractivity contribution is 5.65. The molecule has 0 amide bonds. The predicted molar refractivity (Wildman–Crippen MR) is 75.3 cm³/mol. The third-order valence-electron chi connectivity index (χ3n) is 2.68. The predicted octanol–water partition coefficient (Wildman–Crippen LogP) is 4.92. The lowest BCUT2D eigenvalue weighted by Crippen LogP contribution is -2.04. The Balaban J connectivity index is 2.67. The lowest BCUT2D eigenvalue weighted by atomic mass is 10.0. The van der Waals surface area contributed by atoms with Crippen molar-refractivity contribution >= 4 is 5.57 Å². The molecule has 0 aromatic heterocycles. The fourth-order valence-corrected chi connectivity index (χ4v) is 1.75. The van der Waals surface area contributed by atoms with E-state index in [1.165, 1.54) is 17.6 Å². The van der Waals surface area contributed by atoms with Gasteiger partial charge in [0.25, 0.3) is 0 Å². The average molecular weight is 232 g/mol. The quantitative estimate of drug-likeness (QED) is 0.676. The Morgan fingerprint density at radius 1 is 1.24 bits per heavy atom. The van der Waals surface area contributed by atoms with Crippen LogP contribution >= 0.6 is 0 Å². The first-order valence-electron chi connectivity index (χ1n) is 6.55. The van der Waals surface area contributed by atoms with E-state index in [9.17, 15) is 0 Å². The molecule has 0 radical (unpaired) electrons. The van der Waals surface area contributed by atoms with Crippen LogP contribution in [0.15, 0.2) is 30.3 Å². The summed E-state index contributed by atoms with van der Waals surface area (Å²) in [4.78, 5) is 0. The van der Waals surface area contributed by atoms with Crippen molar-refractivity contribution in [1.29, 1.82) is 0 Å². The third kappa shape index (κ3) is 4.64. The maximum Gasteiger partial charge on any atom is 0.119 e. The fraction of sp³-hybridized carbons (Fsp3) is 0.500. The van der Waals surface area contributed by atoms with Gasteiger partial charge in [0.05, 0.1) is 6.61 Å². The van der Waals surface area contributed by atoms with Gasteiger partial charge in [0.15, 0.2) is 0 Å². The molecule has 0 saturated carbocycles. The standard InChI is InChI=1S/C16H24O/c1-5-7-14(6-2)15-8-10-16(11-9-15)17-12-13(3)4/h6,8-11,13H,5,7,12H2,1-4H3. The zero-order valence-corrected chi connectivity index (χ0v) is 11.5. The maximum atomic E-state index is 5.68. The molecule has 0 spiro atoms. The first kappa shape index (κ1) is 13.8. The van der Waals surface area contributed by atoms with Crippen molar-refractivity contribution in [2.75, 3.05) is 6.61 Å². The molecule has 1 rings (SSSR count). The van der Waals surface area contributed by atoms with Crippen LogP contribution in [0.1, 0.15) is 46.1 Å². The Kier molecular flexibility index (Phi) is 5.82. The molecule has 0 saturated heterocycles. The van der Waals surface area contributed by atoms with E-state index in [2.05, 4.69) is 58.0 Å². The summed E-state index contributed by atoms with van der Waals surface area (Å²) in [6, 6.07) is 8.44. The molecule has 1 aromatic carbocycles. The van der Waals surface area contributed by atoms with E-state index in [0.29, 0.717) is 5.92 Å². The molecule has 0 aliphatic carbocycles. The number of rotatable bonds is 6. The summed E-state index contributed by atoms with van der Waals surface area (Å²) in [7, 11) is 0. The molecule has 0 fully saturated rings. The molecular formula is C16H24O.